The third-order valence-electron chi connectivity index (χ3n) is 4.36. The second kappa shape index (κ2) is 7.72. The Morgan fingerprint density at radius 2 is 2.08 bits per heavy atom. The third kappa shape index (κ3) is 5.09. The molecule has 4 nitrogen and oxygen atoms in total. The number of nitrogens with zero attached hydrogens (tertiary/aromatic N) is 2. The lowest BCUT2D eigenvalue weighted by Crippen LogP contribution is -2.46. The van der Waals surface area contributed by atoms with Gasteiger partial charge < -0.3 is 10.6 Å². The van der Waals surface area contributed by atoms with Gasteiger partial charge in [-0.2, -0.15) is 13.2 Å². The quantitative estimate of drug-likeness (QED) is 0.593. The summed E-state index contributed by atoms with van der Waals surface area (Å²) in [5.74, 6) is 1.26. The van der Waals surface area contributed by atoms with Gasteiger partial charge in [0.15, 0.2) is 11.7 Å². The number of thiazole rings is 1. The molecule has 2 rings (SSSR count). The molecule has 136 valence electrons. The average molecular weight is 362 g/mol. The number of aliphatic imine (C=N–C) groups is 1. The van der Waals surface area contributed by atoms with Crippen molar-refractivity contribution in [2.75, 3.05) is 13.6 Å². The van der Waals surface area contributed by atoms with Crippen LogP contribution in [0.5, 0.6) is 0 Å². The zero-order chi connectivity index (χ0) is 17.8. The maximum atomic E-state index is 12.6. The molecule has 0 radical (unpaired) electrons. The van der Waals surface area contributed by atoms with Gasteiger partial charge >= 0.3 is 6.18 Å². The van der Waals surface area contributed by atoms with Crippen molar-refractivity contribution >= 4 is 17.3 Å². The maximum Gasteiger partial charge on any atom is 0.434 e. The maximum absolute atomic E-state index is 12.6. The van der Waals surface area contributed by atoms with Crippen molar-refractivity contribution in [3.05, 3.63) is 16.1 Å². The van der Waals surface area contributed by atoms with Gasteiger partial charge in [-0.25, -0.2) is 4.98 Å². The fourth-order valence-corrected chi connectivity index (χ4v) is 3.91. The van der Waals surface area contributed by atoms with Crippen LogP contribution in [0.15, 0.2) is 10.4 Å². The third-order valence-corrected chi connectivity index (χ3v) is 5.21. The lowest BCUT2D eigenvalue weighted by Gasteiger charge is -2.43. The predicted octanol–water partition coefficient (Wildman–Crippen LogP) is 4.04. The Morgan fingerprint density at radius 3 is 2.54 bits per heavy atom. The molecule has 0 bridgehead atoms. The van der Waals surface area contributed by atoms with Gasteiger partial charge in [-0.05, 0) is 30.6 Å². The molecule has 1 aliphatic rings. The molecule has 0 spiro atoms. The molecular formula is C16H25F3N4S. The highest BCUT2D eigenvalue weighted by Crippen LogP contribution is 2.45. The summed E-state index contributed by atoms with van der Waals surface area (Å²) in [6.45, 7) is 5.54. The first kappa shape index (κ1) is 19.0. The van der Waals surface area contributed by atoms with Crippen molar-refractivity contribution in [3.63, 3.8) is 0 Å². The number of hydrogen-bond acceptors (Lipinski definition) is 3. The summed E-state index contributed by atoms with van der Waals surface area (Å²) in [5.41, 5.74) is -0.506. The fraction of sp³-hybridized carbons (Fsp3) is 0.750. The summed E-state index contributed by atoms with van der Waals surface area (Å²) in [6, 6.07) is 0. The van der Waals surface area contributed by atoms with Gasteiger partial charge in [0.2, 0.25) is 0 Å². The standard InChI is InChI=1S/C16H25F3N4S/c1-11(2)7-15(5-4-6-15)10-22-14(20-3)21-8-13-23-12(9-24-13)16(17,18)19/h9,11H,4-8,10H2,1-3H3,(H2,20,21,22). The summed E-state index contributed by atoms with van der Waals surface area (Å²) in [7, 11) is 1.66. The van der Waals surface area contributed by atoms with Crippen LogP contribution in [-0.4, -0.2) is 24.5 Å². The molecule has 8 heteroatoms. The van der Waals surface area contributed by atoms with E-state index in [-0.39, 0.29) is 6.54 Å². The van der Waals surface area contributed by atoms with Crippen molar-refractivity contribution in [2.45, 2.75) is 52.3 Å². The normalized spacial score (nSPS) is 17.7. The van der Waals surface area contributed by atoms with E-state index in [1.165, 1.54) is 25.7 Å². The number of alkyl halides is 3. The van der Waals surface area contributed by atoms with Crippen LogP contribution in [0, 0.1) is 11.3 Å². The van der Waals surface area contributed by atoms with Gasteiger partial charge in [-0.15, -0.1) is 11.3 Å². The molecule has 1 saturated carbocycles. The van der Waals surface area contributed by atoms with Crippen LogP contribution in [0.2, 0.25) is 0 Å². The highest BCUT2D eigenvalue weighted by atomic mass is 32.1. The van der Waals surface area contributed by atoms with Crippen LogP contribution in [-0.2, 0) is 12.7 Å². The zero-order valence-corrected chi connectivity index (χ0v) is 15.2. The summed E-state index contributed by atoms with van der Waals surface area (Å²) < 4.78 is 37.7. The SMILES string of the molecule is CN=C(NCc1nc(C(F)(F)F)cs1)NCC1(CC(C)C)CCC1. The van der Waals surface area contributed by atoms with Gasteiger partial charge in [0, 0.05) is 19.0 Å². The molecule has 0 atom stereocenters. The summed E-state index contributed by atoms with van der Waals surface area (Å²) in [5, 5.41) is 7.80. The molecule has 0 amide bonds. The molecule has 1 aromatic heterocycles. The number of halogens is 3. The number of aromatic nitrogens is 1. The number of rotatable bonds is 6. The highest BCUT2D eigenvalue weighted by Gasteiger charge is 2.37. The molecule has 1 aliphatic carbocycles. The molecule has 2 N–H and O–H groups in total. The number of nitrogens with one attached hydrogen (secondary N) is 2. The Balaban J connectivity index is 1.83. The lowest BCUT2D eigenvalue weighted by molar-refractivity contribution is -0.140. The first-order valence-electron chi connectivity index (χ1n) is 8.20. The molecule has 1 aromatic rings. The van der Waals surface area contributed by atoms with Crippen LogP contribution in [0.25, 0.3) is 0 Å². The van der Waals surface area contributed by atoms with E-state index in [0.29, 0.717) is 22.3 Å². The monoisotopic (exact) mass is 362 g/mol. The Bertz CT molecular complexity index is 562. The molecule has 0 unspecified atom stereocenters. The molecule has 1 fully saturated rings. The molecule has 0 saturated heterocycles. The average Bonchev–Trinajstić information content (AvgIpc) is 2.93. The van der Waals surface area contributed by atoms with Crippen LogP contribution >= 0.6 is 11.3 Å². The van der Waals surface area contributed by atoms with E-state index in [1.807, 2.05) is 0 Å². The minimum Gasteiger partial charge on any atom is -0.356 e. The molecular weight excluding hydrogens is 337 g/mol. The summed E-state index contributed by atoms with van der Waals surface area (Å²) >= 11 is 1.00. The van der Waals surface area contributed by atoms with Crippen molar-refractivity contribution in [1.29, 1.82) is 0 Å². The van der Waals surface area contributed by atoms with Crippen LogP contribution in [0.4, 0.5) is 13.2 Å². The van der Waals surface area contributed by atoms with Crippen molar-refractivity contribution in [1.82, 2.24) is 15.6 Å². The van der Waals surface area contributed by atoms with Gasteiger partial charge in [-0.1, -0.05) is 20.3 Å². The Morgan fingerprint density at radius 1 is 1.38 bits per heavy atom. The Kier molecular flexibility index (Phi) is 6.11. The Labute approximate surface area is 145 Å². The zero-order valence-electron chi connectivity index (χ0n) is 14.3. The first-order valence-corrected chi connectivity index (χ1v) is 9.08. The van der Waals surface area contributed by atoms with Crippen LogP contribution in [0.1, 0.15) is 50.2 Å². The van der Waals surface area contributed by atoms with Crippen molar-refractivity contribution in [3.8, 4) is 0 Å². The summed E-state index contributed by atoms with van der Waals surface area (Å²) in [6.07, 6.45) is 0.494. The second-order valence-electron chi connectivity index (χ2n) is 6.86. The predicted molar refractivity (Wildman–Crippen MR) is 91.1 cm³/mol. The first-order chi connectivity index (χ1) is 11.2. The highest BCUT2D eigenvalue weighted by molar-refractivity contribution is 7.09. The van der Waals surface area contributed by atoms with Crippen LogP contribution in [0.3, 0.4) is 0 Å². The van der Waals surface area contributed by atoms with Crippen LogP contribution < -0.4 is 10.6 Å². The van der Waals surface area contributed by atoms with Gasteiger partial charge in [0.1, 0.15) is 5.01 Å². The fourth-order valence-electron chi connectivity index (χ4n) is 3.17. The lowest BCUT2D eigenvalue weighted by atomic mass is 9.64. The number of hydrogen-bond donors (Lipinski definition) is 2. The van der Waals surface area contributed by atoms with E-state index in [9.17, 15) is 13.2 Å². The molecule has 0 aromatic carbocycles. The molecule has 0 aliphatic heterocycles. The van der Waals surface area contributed by atoms with Crippen molar-refractivity contribution < 1.29 is 13.2 Å². The van der Waals surface area contributed by atoms with E-state index >= 15 is 0 Å². The largest absolute Gasteiger partial charge is 0.434 e. The van der Waals surface area contributed by atoms with E-state index < -0.39 is 11.9 Å². The van der Waals surface area contributed by atoms with Gasteiger partial charge in [0.05, 0.1) is 6.54 Å². The summed E-state index contributed by atoms with van der Waals surface area (Å²) in [4.78, 5) is 7.76. The smallest absolute Gasteiger partial charge is 0.356 e. The van der Waals surface area contributed by atoms with E-state index in [4.69, 9.17) is 0 Å². The van der Waals surface area contributed by atoms with E-state index in [2.05, 4.69) is 34.5 Å². The topological polar surface area (TPSA) is 49.3 Å². The van der Waals surface area contributed by atoms with E-state index in [0.717, 1.165) is 23.3 Å². The number of guanidine groups is 1. The molecule has 24 heavy (non-hydrogen) atoms. The second-order valence-corrected chi connectivity index (χ2v) is 7.80. The Hall–Kier alpha value is -1.31. The molecule has 1 heterocycles. The minimum atomic E-state index is -4.39. The van der Waals surface area contributed by atoms with Crippen molar-refractivity contribution in [2.24, 2.45) is 16.3 Å². The van der Waals surface area contributed by atoms with E-state index in [1.54, 1.807) is 7.05 Å². The van der Waals surface area contributed by atoms with Gasteiger partial charge in [-0.3, -0.25) is 4.99 Å². The van der Waals surface area contributed by atoms with Gasteiger partial charge in [0.25, 0.3) is 0 Å². The minimum absolute atomic E-state index is 0.234.